The average Bonchev–Trinajstić information content (AvgIpc) is 2.50. The molecule has 1 radical (unpaired) electrons. The van der Waals surface area contributed by atoms with E-state index in [9.17, 15) is 0 Å². The van der Waals surface area contributed by atoms with Crippen LogP contribution in [0.5, 0.6) is 0 Å². The Morgan fingerprint density at radius 1 is 1.00 bits per heavy atom. The molecule has 1 fully saturated rings. The van der Waals surface area contributed by atoms with E-state index in [0.29, 0.717) is 0 Å². The number of piperazine rings is 1. The standard InChI is InChI=1S/C17H19N2/c1-2-6-15(7-3-1)17-9-5-4-8-16(17)14-19-12-10-18-11-13-19/h1-7,9,18H,10-14H2. The molecule has 19 heavy (non-hydrogen) atoms. The lowest BCUT2D eigenvalue weighted by atomic mass is 9.99. The highest BCUT2D eigenvalue weighted by molar-refractivity contribution is 5.66. The minimum atomic E-state index is 0.993. The quantitative estimate of drug-likeness (QED) is 0.902. The number of hydrogen-bond donors (Lipinski definition) is 1. The zero-order valence-corrected chi connectivity index (χ0v) is 11.1. The highest BCUT2D eigenvalue weighted by Gasteiger charge is 2.12. The first-order valence-electron chi connectivity index (χ1n) is 6.91. The third kappa shape index (κ3) is 3.03. The first-order chi connectivity index (χ1) is 9.43. The van der Waals surface area contributed by atoms with Gasteiger partial charge in [-0.3, -0.25) is 4.90 Å². The summed E-state index contributed by atoms with van der Waals surface area (Å²) in [7, 11) is 0. The number of benzene rings is 2. The van der Waals surface area contributed by atoms with Crippen molar-refractivity contribution in [2.24, 2.45) is 0 Å². The second kappa shape index (κ2) is 6.00. The molecule has 0 spiro atoms. The first-order valence-corrected chi connectivity index (χ1v) is 6.91. The van der Waals surface area contributed by atoms with Crippen LogP contribution in [-0.4, -0.2) is 31.1 Å². The monoisotopic (exact) mass is 251 g/mol. The maximum Gasteiger partial charge on any atom is 0.0247 e. The largest absolute Gasteiger partial charge is 0.314 e. The number of rotatable bonds is 3. The summed E-state index contributed by atoms with van der Waals surface area (Å²) in [5.74, 6) is 0. The molecule has 2 heteroatoms. The molecule has 1 aliphatic rings. The van der Waals surface area contributed by atoms with Gasteiger partial charge in [-0.25, -0.2) is 0 Å². The minimum absolute atomic E-state index is 0.993. The van der Waals surface area contributed by atoms with Gasteiger partial charge in [0.05, 0.1) is 0 Å². The molecule has 0 atom stereocenters. The van der Waals surface area contributed by atoms with E-state index < -0.39 is 0 Å². The molecule has 2 aromatic rings. The van der Waals surface area contributed by atoms with Crippen LogP contribution in [-0.2, 0) is 6.54 Å². The van der Waals surface area contributed by atoms with Crippen molar-refractivity contribution in [2.75, 3.05) is 26.2 Å². The van der Waals surface area contributed by atoms with Crippen LogP contribution < -0.4 is 5.32 Å². The van der Waals surface area contributed by atoms with E-state index in [-0.39, 0.29) is 0 Å². The Hall–Kier alpha value is -1.64. The second-order valence-electron chi connectivity index (χ2n) is 4.95. The van der Waals surface area contributed by atoms with Crippen molar-refractivity contribution in [2.45, 2.75) is 6.54 Å². The molecule has 3 rings (SSSR count). The number of nitrogens with one attached hydrogen (secondary N) is 1. The predicted octanol–water partition coefficient (Wildman–Crippen LogP) is 2.56. The highest BCUT2D eigenvalue weighted by atomic mass is 15.2. The Morgan fingerprint density at radius 3 is 2.58 bits per heavy atom. The van der Waals surface area contributed by atoms with Crippen molar-refractivity contribution in [3.05, 3.63) is 60.2 Å². The van der Waals surface area contributed by atoms with E-state index in [1.165, 1.54) is 16.7 Å². The van der Waals surface area contributed by atoms with Crippen LogP contribution in [0.3, 0.4) is 0 Å². The topological polar surface area (TPSA) is 15.3 Å². The van der Waals surface area contributed by atoms with Crippen LogP contribution in [0.25, 0.3) is 11.1 Å². The molecule has 1 aliphatic heterocycles. The summed E-state index contributed by atoms with van der Waals surface area (Å²) in [5.41, 5.74) is 3.89. The van der Waals surface area contributed by atoms with Crippen LogP contribution in [0.4, 0.5) is 0 Å². The fourth-order valence-corrected chi connectivity index (χ4v) is 2.58. The lowest BCUT2D eigenvalue weighted by Gasteiger charge is -2.27. The third-order valence-corrected chi connectivity index (χ3v) is 3.62. The molecule has 0 saturated carbocycles. The van der Waals surface area contributed by atoms with Gasteiger partial charge in [-0.05, 0) is 22.8 Å². The smallest absolute Gasteiger partial charge is 0.0247 e. The zero-order valence-electron chi connectivity index (χ0n) is 11.1. The summed E-state index contributed by atoms with van der Waals surface area (Å²) in [6.07, 6.45) is 0. The molecule has 97 valence electrons. The van der Waals surface area contributed by atoms with E-state index in [4.69, 9.17) is 0 Å². The van der Waals surface area contributed by atoms with Gasteiger partial charge < -0.3 is 5.32 Å². The maximum atomic E-state index is 3.42. The lowest BCUT2D eigenvalue weighted by Crippen LogP contribution is -2.42. The maximum absolute atomic E-state index is 3.42. The van der Waals surface area contributed by atoms with Crippen LogP contribution in [0.1, 0.15) is 5.56 Å². The first kappa shape index (κ1) is 12.4. The van der Waals surface area contributed by atoms with Gasteiger partial charge in [0.25, 0.3) is 0 Å². The van der Waals surface area contributed by atoms with Crippen LogP contribution in [0, 0.1) is 6.07 Å². The molecule has 0 unspecified atom stereocenters. The molecule has 1 heterocycles. The van der Waals surface area contributed by atoms with E-state index in [0.717, 1.165) is 32.7 Å². The van der Waals surface area contributed by atoms with Crippen molar-refractivity contribution in [3.63, 3.8) is 0 Å². The molecule has 0 aliphatic carbocycles. The van der Waals surface area contributed by atoms with Crippen molar-refractivity contribution in [1.82, 2.24) is 10.2 Å². The SMILES string of the molecule is [c]1cccc(-c2ccccc2)c1CN1CCNCC1. The molecule has 0 aromatic heterocycles. The molecule has 2 aromatic carbocycles. The third-order valence-electron chi connectivity index (χ3n) is 3.62. The fourth-order valence-electron chi connectivity index (χ4n) is 2.58. The van der Waals surface area contributed by atoms with E-state index >= 15 is 0 Å². The summed E-state index contributed by atoms with van der Waals surface area (Å²) in [4.78, 5) is 2.49. The van der Waals surface area contributed by atoms with Crippen LogP contribution in [0.15, 0.2) is 48.5 Å². The number of nitrogens with zero attached hydrogens (tertiary/aromatic N) is 1. The Kier molecular flexibility index (Phi) is 3.92. The van der Waals surface area contributed by atoms with Gasteiger partial charge in [0.2, 0.25) is 0 Å². The molecule has 1 N–H and O–H groups in total. The summed E-state index contributed by atoms with van der Waals surface area (Å²) in [6.45, 7) is 5.42. The van der Waals surface area contributed by atoms with Crippen molar-refractivity contribution in [3.8, 4) is 11.1 Å². The second-order valence-corrected chi connectivity index (χ2v) is 4.95. The summed E-state index contributed by atoms with van der Waals surface area (Å²) < 4.78 is 0. The van der Waals surface area contributed by atoms with Gasteiger partial charge >= 0.3 is 0 Å². The Balaban J connectivity index is 1.85. The molecule has 0 amide bonds. The van der Waals surface area contributed by atoms with Gasteiger partial charge in [0.15, 0.2) is 0 Å². The van der Waals surface area contributed by atoms with Crippen molar-refractivity contribution in [1.29, 1.82) is 0 Å². The van der Waals surface area contributed by atoms with Gasteiger partial charge in [0.1, 0.15) is 0 Å². The summed E-state index contributed by atoms with van der Waals surface area (Å²) >= 11 is 0. The predicted molar refractivity (Wildman–Crippen MR) is 78.9 cm³/mol. The Morgan fingerprint density at radius 2 is 1.79 bits per heavy atom. The van der Waals surface area contributed by atoms with Gasteiger partial charge in [0, 0.05) is 32.7 Å². The van der Waals surface area contributed by atoms with Gasteiger partial charge in [-0.15, -0.1) is 0 Å². The van der Waals surface area contributed by atoms with Gasteiger partial charge in [-0.1, -0.05) is 48.5 Å². The van der Waals surface area contributed by atoms with Crippen LogP contribution in [0.2, 0.25) is 0 Å². The zero-order chi connectivity index (χ0) is 12.9. The Bertz CT molecular complexity index is 516. The summed E-state index contributed by atoms with van der Waals surface area (Å²) in [5, 5.41) is 3.39. The van der Waals surface area contributed by atoms with Crippen LogP contribution >= 0.6 is 0 Å². The summed E-state index contributed by atoms with van der Waals surface area (Å²) in [6, 6.07) is 20.3. The lowest BCUT2D eigenvalue weighted by molar-refractivity contribution is 0.233. The minimum Gasteiger partial charge on any atom is -0.314 e. The van der Waals surface area contributed by atoms with Crippen molar-refractivity contribution < 1.29 is 0 Å². The number of hydrogen-bond acceptors (Lipinski definition) is 2. The highest BCUT2D eigenvalue weighted by Crippen LogP contribution is 2.24. The molecule has 0 bridgehead atoms. The van der Waals surface area contributed by atoms with E-state index in [1.807, 2.05) is 6.07 Å². The molecule has 1 saturated heterocycles. The fraction of sp³-hybridized carbons (Fsp3) is 0.294. The molecule has 2 nitrogen and oxygen atoms in total. The van der Waals surface area contributed by atoms with Crippen molar-refractivity contribution >= 4 is 0 Å². The Labute approximate surface area is 115 Å². The molecular formula is C17H19N2. The van der Waals surface area contributed by atoms with E-state index in [2.05, 4.69) is 58.7 Å². The average molecular weight is 251 g/mol. The molecular weight excluding hydrogens is 232 g/mol. The van der Waals surface area contributed by atoms with Gasteiger partial charge in [-0.2, -0.15) is 0 Å². The normalized spacial score (nSPS) is 16.4. The van der Waals surface area contributed by atoms with E-state index in [1.54, 1.807) is 0 Å².